The van der Waals surface area contributed by atoms with Crippen molar-refractivity contribution in [3.63, 3.8) is 0 Å². The molecule has 1 fully saturated rings. The van der Waals surface area contributed by atoms with Crippen LogP contribution in [-0.2, 0) is 15.8 Å². The van der Waals surface area contributed by atoms with Crippen LogP contribution in [0.3, 0.4) is 0 Å². The number of likely N-dealkylation sites (tertiary alicyclic amines) is 1. The molecule has 1 aliphatic heterocycles. The maximum absolute atomic E-state index is 12.8. The molecule has 0 bridgehead atoms. The molecular weight excluding hydrogens is 359 g/mol. The zero-order chi connectivity index (χ0) is 19.8. The lowest BCUT2D eigenvalue weighted by Crippen LogP contribution is -2.33. The molecule has 0 N–H and O–H groups in total. The first-order valence-corrected chi connectivity index (χ1v) is 8.75. The first kappa shape index (κ1) is 19.2. The van der Waals surface area contributed by atoms with Gasteiger partial charge in [-0.1, -0.05) is 0 Å². The van der Waals surface area contributed by atoms with Gasteiger partial charge >= 0.3 is 6.18 Å². The molecule has 27 heavy (non-hydrogen) atoms. The van der Waals surface area contributed by atoms with Crippen molar-refractivity contribution in [3.8, 4) is 5.75 Å². The Bertz CT molecular complexity index is 829. The van der Waals surface area contributed by atoms with Crippen molar-refractivity contribution in [2.24, 2.45) is 0 Å². The molecule has 1 aliphatic carbocycles. The quantitative estimate of drug-likeness (QED) is 0.744. The van der Waals surface area contributed by atoms with Gasteiger partial charge in [0.25, 0.3) is 0 Å². The lowest BCUT2D eigenvalue weighted by Gasteiger charge is -2.27. The minimum Gasteiger partial charge on any atom is -0.489 e. The Morgan fingerprint density at radius 3 is 2.11 bits per heavy atom. The Labute approximate surface area is 155 Å². The largest absolute Gasteiger partial charge is 0.489 e. The van der Waals surface area contributed by atoms with Crippen LogP contribution >= 0.6 is 0 Å². The van der Waals surface area contributed by atoms with Gasteiger partial charge in [0.1, 0.15) is 12.4 Å². The van der Waals surface area contributed by atoms with Gasteiger partial charge < -0.3 is 9.64 Å². The lowest BCUT2D eigenvalue weighted by atomic mass is 9.88. The first-order chi connectivity index (χ1) is 12.7. The zero-order valence-corrected chi connectivity index (χ0v) is 15.2. The van der Waals surface area contributed by atoms with Crippen LogP contribution in [0.2, 0.25) is 0 Å². The van der Waals surface area contributed by atoms with E-state index in [2.05, 4.69) is 0 Å². The molecule has 0 amide bonds. The van der Waals surface area contributed by atoms with Crippen LogP contribution in [0.1, 0.15) is 32.3 Å². The van der Waals surface area contributed by atoms with Gasteiger partial charge in [0, 0.05) is 29.8 Å². The molecule has 1 saturated heterocycles. The second-order valence-electron chi connectivity index (χ2n) is 6.74. The van der Waals surface area contributed by atoms with Crippen LogP contribution in [0.15, 0.2) is 46.7 Å². The summed E-state index contributed by atoms with van der Waals surface area (Å²) in [4.78, 5) is 27.4. The Balaban J connectivity index is 1.75. The van der Waals surface area contributed by atoms with Crippen molar-refractivity contribution in [2.45, 2.75) is 32.9 Å². The maximum atomic E-state index is 12.8. The first-order valence-electron chi connectivity index (χ1n) is 8.75. The molecular formula is C20H20F3NO3. The second-order valence-corrected chi connectivity index (χ2v) is 6.74. The molecule has 4 nitrogen and oxygen atoms in total. The number of Topliss-reactive ketones (excluding diaryl/α,β-unsaturated/α-hetero) is 2. The number of allylic oxidation sites excluding steroid dienone is 2. The van der Waals surface area contributed by atoms with E-state index >= 15 is 0 Å². The van der Waals surface area contributed by atoms with Gasteiger partial charge in [-0.25, -0.2) is 0 Å². The number of halogens is 3. The van der Waals surface area contributed by atoms with Crippen LogP contribution in [-0.4, -0.2) is 36.2 Å². The monoisotopic (exact) mass is 379 g/mol. The van der Waals surface area contributed by atoms with Gasteiger partial charge in [-0.3, -0.25) is 9.59 Å². The predicted molar refractivity (Wildman–Crippen MR) is 93.2 cm³/mol. The van der Waals surface area contributed by atoms with Crippen molar-refractivity contribution >= 4 is 11.6 Å². The van der Waals surface area contributed by atoms with Gasteiger partial charge in [0.15, 0.2) is 5.78 Å². The third kappa shape index (κ3) is 3.77. The third-order valence-corrected chi connectivity index (χ3v) is 4.97. The van der Waals surface area contributed by atoms with Crippen LogP contribution in [0, 0.1) is 0 Å². The molecule has 0 unspecified atom stereocenters. The molecule has 1 heterocycles. The number of ether oxygens (including phenoxy) is 1. The molecule has 7 heteroatoms. The van der Waals surface area contributed by atoms with Gasteiger partial charge in [-0.05, 0) is 51.0 Å². The average Bonchev–Trinajstić information content (AvgIpc) is 3.14. The van der Waals surface area contributed by atoms with Crippen molar-refractivity contribution in [1.29, 1.82) is 0 Å². The summed E-state index contributed by atoms with van der Waals surface area (Å²) in [6, 6.07) is 4.24. The summed E-state index contributed by atoms with van der Waals surface area (Å²) in [5.74, 6) is -0.226. The van der Waals surface area contributed by atoms with Gasteiger partial charge in [0.2, 0.25) is 5.78 Å². The van der Waals surface area contributed by atoms with E-state index in [-0.39, 0.29) is 29.5 Å². The fourth-order valence-corrected chi connectivity index (χ4v) is 3.38. The summed E-state index contributed by atoms with van der Waals surface area (Å²) in [7, 11) is 0. The summed E-state index contributed by atoms with van der Waals surface area (Å²) in [5, 5.41) is 0. The highest BCUT2D eigenvalue weighted by atomic mass is 19.4. The summed E-state index contributed by atoms with van der Waals surface area (Å²) >= 11 is 0. The second kappa shape index (κ2) is 7.21. The highest BCUT2D eigenvalue weighted by molar-refractivity contribution is 6.24. The SMILES string of the molecule is CC1=C(COc2ccc(C(F)(F)F)cc2)C(=O)C(C)=C(N2CCCC2)C1=O. The molecule has 2 aliphatic rings. The van der Waals surface area contributed by atoms with Gasteiger partial charge in [-0.15, -0.1) is 0 Å². The molecule has 0 saturated carbocycles. The van der Waals surface area contributed by atoms with Crippen molar-refractivity contribution in [3.05, 3.63) is 52.2 Å². The summed E-state index contributed by atoms with van der Waals surface area (Å²) in [6.45, 7) is 4.59. The molecule has 144 valence electrons. The number of hydrogen-bond acceptors (Lipinski definition) is 4. The summed E-state index contributed by atoms with van der Waals surface area (Å²) in [6.07, 6.45) is -2.44. The molecule has 0 spiro atoms. The van der Waals surface area contributed by atoms with Crippen LogP contribution < -0.4 is 4.74 Å². The number of benzene rings is 1. The summed E-state index contributed by atoms with van der Waals surface area (Å²) in [5.41, 5.74) is 0.676. The van der Waals surface area contributed by atoms with Crippen molar-refractivity contribution in [1.82, 2.24) is 4.90 Å². The van der Waals surface area contributed by atoms with E-state index in [0.717, 1.165) is 38.1 Å². The van der Waals surface area contributed by atoms with Crippen LogP contribution in [0.25, 0.3) is 0 Å². The minimum absolute atomic E-state index is 0.160. The van der Waals surface area contributed by atoms with E-state index in [1.807, 2.05) is 4.90 Å². The summed E-state index contributed by atoms with van der Waals surface area (Å²) < 4.78 is 43.3. The fourth-order valence-electron chi connectivity index (χ4n) is 3.38. The smallest absolute Gasteiger partial charge is 0.416 e. The zero-order valence-electron chi connectivity index (χ0n) is 15.2. The molecule has 1 aromatic carbocycles. The van der Waals surface area contributed by atoms with Crippen LogP contribution in [0.4, 0.5) is 13.2 Å². The van der Waals surface area contributed by atoms with E-state index in [9.17, 15) is 22.8 Å². The van der Waals surface area contributed by atoms with Crippen LogP contribution in [0.5, 0.6) is 5.75 Å². The van der Waals surface area contributed by atoms with E-state index in [4.69, 9.17) is 4.74 Å². The van der Waals surface area contributed by atoms with E-state index < -0.39 is 11.7 Å². The maximum Gasteiger partial charge on any atom is 0.416 e. The molecule has 0 aromatic heterocycles. The van der Waals surface area contributed by atoms with Crippen molar-refractivity contribution in [2.75, 3.05) is 19.7 Å². The predicted octanol–water partition coefficient (Wildman–Crippen LogP) is 3.92. The Morgan fingerprint density at radius 1 is 0.963 bits per heavy atom. The third-order valence-electron chi connectivity index (χ3n) is 4.97. The minimum atomic E-state index is -4.42. The molecule has 1 aromatic rings. The molecule has 0 atom stereocenters. The molecule has 0 radical (unpaired) electrons. The Kier molecular flexibility index (Phi) is 5.13. The molecule has 3 rings (SSSR count). The standard InChI is InChI=1S/C20H20F3NO3/c1-12-16(11-27-15-7-5-14(6-8-15)20(21,22)23)18(25)13(2)17(19(12)26)24-9-3-4-10-24/h5-8H,3-4,9-11H2,1-2H3. The Hall–Kier alpha value is -2.57. The number of carbonyl (C=O) groups is 2. The fraction of sp³-hybridized carbons (Fsp3) is 0.400. The average molecular weight is 379 g/mol. The lowest BCUT2D eigenvalue weighted by molar-refractivity contribution is -0.137. The highest BCUT2D eigenvalue weighted by Gasteiger charge is 2.34. The Morgan fingerprint density at radius 2 is 1.56 bits per heavy atom. The van der Waals surface area contributed by atoms with Crippen molar-refractivity contribution < 1.29 is 27.5 Å². The number of hydrogen-bond donors (Lipinski definition) is 0. The van der Waals surface area contributed by atoms with Gasteiger partial charge in [0.05, 0.1) is 11.3 Å². The van der Waals surface area contributed by atoms with E-state index in [1.54, 1.807) is 13.8 Å². The van der Waals surface area contributed by atoms with E-state index in [0.29, 0.717) is 16.8 Å². The highest BCUT2D eigenvalue weighted by Crippen LogP contribution is 2.31. The number of alkyl halides is 3. The number of carbonyl (C=O) groups excluding carboxylic acids is 2. The number of rotatable bonds is 4. The van der Waals surface area contributed by atoms with E-state index in [1.165, 1.54) is 12.1 Å². The number of nitrogens with zero attached hydrogens (tertiary/aromatic N) is 1. The number of ketones is 2. The topological polar surface area (TPSA) is 46.6 Å². The van der Waals surface area contributed by atoms with Gasteiger partial charge in [-0.2, -0.15) is 13.2 Å². The normalized spacial score (nSPS) is 18.6.